The molecule has 0 spiro atoms. The van der Waals surface area contributed by atoms with Crippen LogP contribution >= 0.6 is 0 Å². The van der Waals surface area contributed by atoms with Crippen LogP contribution in [0.5, 0.6) is 0 Å². The van der Waals surface area contributed by atoms with Gasteiger partial charge < -0.3 is 20.7 Å². The number of primary amides is 1. The van der Waals surface area contributed by atoms with E-state index in [1.807, 2.05) is 0 Å². The van der Waals surface area contributed by atoms with Crippen molar-refractivity contribution in [2.24, 2.45) is 11.7 Å². The van der Waals surface area contributed by atoms with E-state index in [2.05, 4.69) is 31.1 Å². The van der Waals surface area contributed by atoms with E-state index in [0.29, 0.717) is 5.92 Å². The zero-order valence-electron chi connectivity index (χ0n) is 14.2. The molecule has 1 aliphatic carbocycles. The number of nitrogens with zero attached hydrogens (tertiary/aromatic N) is 1. The summed E-state index contributed by atoms with van der Waals surface area (Å²) in [6, 6.07) is 0.275. The molecule has 0 bridgehead atoms. The van der Waals surface area contributed by atoms with Gasteiger partial charge in [-0.1, -0.05) is 6.42 Å². The molecule has 5 heteroatoms. The maximum atomic E-state index is 12.1. The zero-order chi connectivity index (χ0) is 15.9. The third-order valence-corrected chi connectivity index (χ3v) is 4.55. The standard InChI is InChI=1S/C16H33N3O2/c1-13(2)18-16(15(17)20)9-5-7-14(16)8-11-19(3)10-6-12-21-4/h13-14,18H,5-12H2,1-4H3,(H2,17,20). The highest BCUT2D eigenvalue weighted by atomic mass is 16.5. The average molecular weight is 299 g/mol. The smallest absolute Gasteiger partial charge is 0.238 e. The first-order valence-electron chi connectivity index (χ1n) is 8.17. The van der Waals surface area contributed by atoms with Crippen LogP contribution in [0.15, 0.2) is 0 Å². The van der Waals surface area contributed by atoms with Gasteiger partial charge in [-0.05, 0) is 59.0 Å². The molecule has 0 heterocycles. The van der Waals surface area contributed by atoms with Gasteiger partial charge >= 0.3 is 0 Å². The fourth-order valence-electron chi connectivity index (χ4n) is 3.54. The summed E-state index contributed by atoms with van der Waals surface area (Å²) in [7, 11) is 3.86. The summed E-state index contributed by atoms with van der Waals surface area (Å²) >= 11 is 0. The van der Waals surface area contributed by atoms with Crippen molar-refractivity contribution in [3.05, 3.63) is 0 Å². The molecule has 1 fully saturated rings. The van der Waals surface area contributed by atoms with Crippen LogP contribution in [-0.2, 0) is 9.53 Å². The topological polar surface area (TPSA) is 67.6 Å². The molecule has 0 radical (unpaired) electrons. The molecule has 2 unspecified atom stereocenters. The number of carbonyl (C=O) groups is 1. The summed E-state index contributed by atoms with van der Waals surface area (Å²) in [6.45, 7) is 6.99. The highest BCUT2D eigenvalue weighted by Crippen LogP contribution is 2.38. The van der Waals surface area contributed by atoms with Gasteiger partial charge in [-0.15, -0.1) is 0 Å². The van der Waals surface area contributed by atoms with Gasteiger partial charge in [0.05, 0.1) is 0 Å². The summed E-state index contributed by atoms with van der Waals surface area (Å²) < 4.78 is 5.08. The van der Waals surface area contributed by atoms with E-state index in [1.54, 1.807) is 7.11 Å². The Morgan fingerprint density at radius 1 is 1.48 bits per heavy atom. The SMILES string of the molecule is COCCCN(C)CCC1CCCC1(NC(C)C)C(N)=O. The first kappa shape index (κ1) is 18.4. The van der Waals surface area contributed by atoms with Gasteiger partial charge in [0.15, 0.2) is 0 Å². The number of nitrogens with one attached hydrogen (secondary N) is 1. The largest absolute Gasteiger partial charge is 0.385 e. The van der Waals surface area contributed by atoms with Gasteiger partial charge in [-0.2, -0.15) is 0 Å². The van der Waals surface area contributed by atoms with Crippen LogP contribution in [0.1, 0.15) is 46.0 Å². The molecule has 124 valence electrons. The summed E-state index contributed by atoms with van der Waals surface area (Å²) in [5.41, 5.74) is 5.25. The third kappa shape index (κ3) is 5.24. The van der Waals surface area contributed by atoms with Gasteiger partial charge in [-0.25, -0.2) is 0 Å². The van der Waals surface area contributed by atoms with Crippen molar-refractivity contribution in [2.75, 3.05) is 33.9 Å². The molecule has 5 nitrogen and oxygen atoms in total. The summed E-state index contributed by atoms with van der Waals surface area (Å²) in [6.07, 6.45) is 5.11. The Morgan fingerprint density at radius 3 is 2.76 bits per heavy atom. The van der Waals surface area contributed by atoms with E-state index >= 15 is 0 Å². The lowest BCUT2D eigenvalue weighted by atomic mass is 9.83. The molecule has 1 saturated carbocycles. The van der Waals surface area contributed by atoms with Crippen molar-refractivity contribution in [3.63, 3.8) is 0 Å². The second-order valence-electron chi connectivity index (χ2n) is 6.66. The van der Waals surface area contributed by atoms with Crippen LogP contribution in [0.25, 0.3) is 0 Å². The minimum Gasteiger partial charge on any atom is -0.385 e. The number of hydrogen-bond donors (Lipinski definition) is 2. The molecule has 0 aromatic heterocycles. The van der Waals surface area contributed by atoms with Crippen LogP contribution in [-0.4, -0.2) is 56.2 Å². The number of rotatable bonds is 10. The van der Waals surface area contributed by atoms with Gasteiger partial charge in [0.25, 0.3) is 0 Å². The van der Waals surface area contributed by atoms with Crippen molar-refractivity contribution in [3.8, 4) is 0 Å². The number of ether oxygens (including phenoxy) is 1. The lowest BCUT2D eigenvalue weighted by Crippen LogP contribution is -2.60. The Labute approximate surface area is 129 Å². The van der Waals surface area contributed by atoms with E-state index in [0.717, 1.165) is 51.8 Å². The molecule has 0 aliphatic heterocycles. The molecule has 1 aliphatic rings. The van der Waals surface area contributed by atoms with Gasteiger partial charge in [0, 0.05) is 26.3 Å². The molecule has 3 N–H and O–H groups in total. The fourth-order valence-corrected chi connectivity index (χ4v) is 3.54. The Hall–Kier alpha value is -0.650. The van der Waals surface area contributed by atoms with Gasteiger partial charge in [-0.3, -0.25) is 4.79 Å². The van der Waals surface area contributed by atoms with Crippen molar-refractivity contribution < 1.29 is 9.53 Å². The zero-order valence-corrected chi connectivity index (χ0v) is 14.2. The monoisotopic (exact) mass is 299 g/mol. The van der Waals surface area contributed by atoms with Crippen LogP contribution in [0.3, 0.4) is 0 Å². The molecular formula is C16H33N3O2. The first-order chi connectivity index (χ1) is 9.92. The van der Waals surface area contributed by atoms with Crippen LogP contribution in [0.2, 0.25) is 0 Å². The molecular weight excluding hydrogens is 266 g/mol. The van der Waals surface area contributed by atoms with Crippen molar-refractivity contribution in [1.82, 2.24) is 10.2 Å². The highest BCUT2D eigenvalue weighted by molar-refractivity contribution is 5.85. The van der Waals surface area contributed by atoms with E-state index in [4.69, 9.17) is 10.5 Å². The molecule has 0 saturated heterocycles. The lowest BCUT2D eigenvalue weighted by Gasteiger charge is -2.36. The minimum atomic E-state index is -0.498. The third-order valence-electron chi connectivity index (χ3n) is 4.55. The molecule has 2 atom stereocenters. The summed E-state index contributed by atoms with van der Waals surface area (Å²) in [4.78, 5) is 14.4. The maximum Gasteiger partial charge on any atom is 0.238 e. The maximum absolute atomic E-state index is 12.1. The fraction of sp³-hybridized carbons (Fsp3) is 0.938. The molecule has 0 aromatic rings. The Morgan fingerprint density at radius 2 is 2.19 bits per heavy atom. The normalized spacial score (nSPS) is 25.9. The van der Waals surface area contributed by atoms with Crippen molar-refractivity contribution in [1.29, 1.82) is 0 Å². The quantitative estimate of drug-likeness (QED) is 0.598. The van der Waals surface area contributed by atoms with E-state index in [1.165, 1.54) is 0 Å². The molecule has 1 rings (SSSR count). The van der Waals surface area contributed by atoms with E-state index in [-0.39, 0.29) is 11.9 Å². The average Bonchev–Trinajstić information content (AvgIpc) is 2.80. The van der Waals surface area contributed by atoms with Gasteiger partial charge in [0.1, 0.15) is 5.54 Å². The number of hydrogen-bond acceptors (Lipinski definition) is 4. The predicted octanol–water partition coefficient (Wildman–Crippen LogP) is 1.37. The lowest BCUT2D eigenvalue weighted by molar-refractivity contribution is -0.126. The Kier molecular flexibility index (Phi) is 7.63. The van der Waals surface area contributed by atoms with Crippen molar-refractivity contribution in [2.45, 2.75) is 57.5 Å². The second-order valence-corrected chi connectivity index (χ2v) is 6.66. The van der Waals surface area contributed by atoms with E-state index < -0.39 is 5.54 Å². The summed E-state index contributed by atoms with van der Waals surface area (Å²) in [5, 5.41) is 3.47. The molecule has 21 heavy (non-hydrogen) atoms. The molecule has 0 aromatic carbocycles. The minimum absolute atomic E-state index is 0.180. The number of carbonyl (C=O) groups excluding carboxylic acids is 1. The number of nitrogens with two attached hydrogens (primary N) is 1. The Bertz CT molecular complexity index is 323. The first-order valence-corrected chi connectivity index (χ1v) is 8.17. The van der Waals surface area contributed by atoms with Crippen LogP contribution in [0.4, 0.5) is 0 Å². The van der Waals surface area contributed by atoms with Gasteiger partial charge in [0.2, 0.25) is 5.91 Å². The predicted molar refractivity (Wildman–Crippen MR) is 86.1 cm³/mol. The summed E-state index contributed by atoms with van der Waals surface area (Å²) in [5.74, 6) is 0.169. The van der Waals surface area contributed by atoms with Crippen LogP contribution in [0, 0.1) is 5.92 Å². The second kappa shape index (κ2) is 8.71. The van der Waals surface area contributed by atoms with Crippen molar-refractivity contribution >= 4 is 5.91 Å². The Balaban J connectivity index is 2.53. The van der Waals surface area contributed by atoms with Crippen LogP contribution < -0.4 is 11.1 Å². The number of methoxy groups -OCH3 is 1. The molecule has 1 amide bonds. The highest BCUT2D eigenvalue weighted by Gasteiger charge is 2.47. The number of amides is 1. The van der Waals surface area contributed by atoms with E-state index in [9.17, 15) is 4.79 Å².